The predicted molar refractivity (Wildman–Crippen MR) is 102 cm³/mol. The summed E-state index contributed by atoms with van der Waals surface area (Å²) in [5, 5.41) is 13.2. The molecule has 1 saturated heterocycles. The molecule has 3 rings (SSSR count). The summed E-state index contributed by atoms with van der Waals surface area (Å²) >= 11 is 1.44. The van der Waals surface area contributed by atoms with Crippen molar-refractivity contribution in [1.82, 2.24) is 9.88 Å². The van der Waals surface area contributed by atoms with Crippen LogP contribution in [0.2, 0.25) is 0 Å². The first-order chi connectivity index (χ1) is 12.1. The number of thiazole rings is 1. The molecule has 2 N–H and O–H groups in total. The molecule has 6 heteroatoms. The first-order valence-corrected chi connectivity index (χ1v) is 9.64. The molecule has 0 spiro atoms. The van der Waals surface area contributed by atoms with E-state index >= 15 is 0 Å². The number of hydrogen-bond acceptors (Lipinski definition) is 5. The minimum absolute atomic E-state index is 0.118. The fourth-order valence-corrected chi connectivity index (χ4v) is 4.27. The van der Waals surface area contributed by atoms with Gasteiger partial charge in [-0.15, -0.1) is 0 Å². The lowest BCUT2D eigenvalue weighted by atomic mass is 9.95. The second-order valence-electron chi connectivity index (χ2n) is 6.54. The fourth-order valence-electron chi connectivity index (χ4n) is 3.40. The minimum Gasteiger partial charge on any atom is -0.508 e. The van der Waals surface area contributed by atoms with Gasteiger partial charge in [-0.3, -0.25) is 4.79 Å². The molecule has 1 aliphatic rings. The number of carbonyl (C=O) groups is 1. The maximum absolute atomic E-state index is 13.1. The van der Waals surface area contributed by atoms with Gasteiger partial charge in [0, 0.05) is 19.6 Å². The van der Waals surface area contributed by atoms with E-state index in [1.165, 1.54) is 23.3 Å². The third kappa shape index (κ3) is 4.12. The Morgan fingerprint density at radius 2 is 2.12 bits per heavy atom. The van der Waals surface area contributed by atoms with Crippen LogP contribution in [0.5, 0.6) is 5.75 Å². The van der Waals surface area contributed by atoms with E-state index in [0.29, 0.717) is 5.75 Å². The van der Waals surface area contributed by atoms with Crippen LogP contribution in [-0.4, -0.2) is 40.5 Å². The number of aromatic nitrogens is 1. The number of hydrogen-bond donors (Lipinski definition) is 2. The van der Waals surface area contributed by atoms with Crippen LogP contribution in [0.4, 0.5) is 5.13 Å². The molecule has 25 heavy (non-hydrogen) atoms. The molecular weight excluding hydrogens is 334 g/mol. The molecule has 1 aromatic carbocycles. The van der Waals surface area contributed by atoms with Crippen molar-refractivity contribution in [2.45, 2.75) is 45.1 Å². The van der Waals surface area contributed by atoms with Gasteiger partial charge in [0.05, 0.1) is 5.69 Å². The molecular formula is C19H25N3O2S. The lowest BCUT2D eigenvalue weighted by molar-refractivity contribution is 0.0606. The van der Waals surface area contributed by atoms with Gasteiger partial charge in [0.25, 0.3) is 5.91 Å². The number of phenolic OH excluding ortho intramolecular Hbond substituents is 1. The average molecular weight is 359 g/mol. The van der Waals surface area contributed by atoms with Crippen LogP contribution in [0.3, 0.4) is 0 Å². The third-order valence-electron chi connectivity index (χ3n) is 4.80. The van der Waals surface area contributed by atoms with Crippen molar-refractivity contribution in [3.63, 3.8) is 0 Å². The number of nitrogens with zero attached hydrogens (tertiary/aromatic N) is 2. The molecule has 2 aromatic rings. The zero-order valence-corrected chi connectivity index (χ0v) is 15.6. The largest absolute Gasteiger partial charge is 0.508 e. The van der Waals surface area contributed by atoms with E-state index in [2.05, 4.69) is 10.3 Å². The number of amides is 1. The van der Waals surface area contributed by atoms with Gasteiger partial charge in [-0.2, -0.15) is 0 Å². The van der Waals surface area contributed by atoms with E-state index < -0.39 is 0 Å². The summed E-state index contributed by atoms with van der Waals surface area (Å²) in [6.07, 6.45) is 5.16. The maximum atomic E-state index is 13.1. The van der Waals surface area contributed by atoms with Gasteiger partial charge in [0.1, 0.15) is 10.6 Å². The number of anilines is 1. The van der Waals surface area contributed by atoms with Crippen LogP contribution < -0.4 is 5.32 Å². The zero-order chi connectivity index (χ0) is 17.8. The highest BCUT2D eigenvalue weighted by atomic mass is 32.1. The normalized spacial score (nSPS) is 17.5. The van der Waals surface area contributed by atoms with Gasteiger partial charge >= 0.3 is 0 Å². The second-order valence-corrected chi connectivity index (χ2v) is 7.54. The fraction of sp³-hybridized carbons (Fsp3) is 0.474. The average Bonchev–Trinajstić information content (AvgIpc) is 3.02. The lowest BCUT2D eigenvalue weighted by Crippen LogP contribution is -2.43. The number of phenols is 1. The van der Waals surface area contributed by atoms with E-state index in [4.69, 9.17) is 0 Å². The van der Waals surface area contributed by atoms with E-state index in [-0.39, 0.29) is 11.9 Å². The summed E-state index contributed by atoms with van der Waals surface area (Å²) in [6.45, 7) is 2.73. The van der Waals surface area contributed by atoms with Gasteiger partial charge in [-0.05, 0) is 56.7 Å². The molecule has 5 nitrogen and oxygen atoms in total. The Bertz CT molecular complexity index is 727. The molecule has 0 bridgehead atoms. The highest BCUT2D eigenvalue weighted by Crippen LogP contribution is 2.28. The van der Waals surface area contributed by atoms with Gasteiger partial charge < -0.3 is 15.3 Å². The Hall–Kier alpha value is -2.08. The van der Waals surface area contributed by atoms with Crippen molar-refractivity contribution in [2.24, 2.45) is 0 Å². The second kappa shape index (κ2) is 7.87. The summed E-state index contributed by atoms with van der Waals surface area (Å²) < 4.78 is 0. The predicted octanol–water partition coefficient (Wildman–Crippen LogP) is 3.83. The van der Waals surface area contributed by atoms with Gasteiger partial charge in [-0.1, -0.05) is 23.5 Å². The van der Waals surface area contributed by atoms with E-state index in [1.54, 1.807) is 12.1 Å². The highest BCUT2D eigenvalue weighted by molar-refractivity contribution is 7.17. The minimum atomic E-state index is 0.118. The number of piperidine rings is 1. The number of carbonyl (C=O) groups excluding carboxylic acids is 1. The standard InChI is InChI=1S/C19H25N3O2S/c1-13-17(25-19(20-2)21-13)18(24)22-12-4-3-5-15(22)9-6-14-7-10-16(23)11-8-14/h7-8,10-11,15,23H,3-6,9,12H2,1-2H3,(H,20,21). The molecule has 1 fully saturated rings. The molecule has 1 aliphatic heterocycles. The molecule has 1 amide bonds. The van der Waals surface area contributed by atoms with Gasteiger partial charge in [0.2, 0.25) is 0 Å². The van der Waals surface area contributed by atoms with Crippen LogP contribution in [0, 0.1) is 6.92 Å². The van der Waals surface area contributed by atoms with E-state index in [0.717, 1.165) is 47.9 Å². The van der Waals surface area contributed by atoms with Crippen LogP contribution in [0.15, 0.2) is 24.3 Å². The van der Waals surface area contributed by atoms with Gasteiger partial charge in [-0.25, -0.2) is 4.98 Å². The Morgan fingerprint density at radius 3 is 2.80 bits per heavy atom. The van der Waals surface area contributed by atoms with Crippen LogP contribution in [0.25, 0.3) is 0 Å². The van der Waals surface area contributed by atoms with Crippen molar-refractivity contribution in [3.8, 4) is 5.75 Å². The molecule has 1 unspecified atom stereocenters. The molecule has 0 aliphatic carbocycles. The number of benzene rings is 1. The number of aryl methyl sites for hydroxylation is 2. The van der Waals surface area contributed by atoms with Crippen molar-refractivity contribution >= 4 is 22.4 Å². The smallest absolute Gasteiger partial charge is 0.266 e. The molecule has 2 heterocycles. The van der Waals surface area contributed by atoms with Crippen molar-refractivity contribution < 1.29 is 9.90 Å². The molecule has 134 valence electrons. The Balaban J connectivity index is 1.70. The summed E-state index contributed by atoms with van der Waals surface area (Å²) in [5.41, 5.74) is 2.00. The number of likely N-dealkylation sites (tertiary alicyclic amines) is 1. The topological polar surface area (TPSA) is 65.5 Å². The van der Waals surface area contributed by atoms with Crippen LogP contribution in [0.1, 0.15) is 46.6 Å². The monoisotopic (exact) mass is 359 g/mol. The Morgan fingerprint density at radius 1 is 1.36 bits per heavy atom. The molecule has 1 aromatic heterocycles. The molecule has 0 saturated carbocycles. The van der Waals surface area contributed by atoms with Crippen LogP contribution in [-0.2, 0) is 6.42 Å². The van der Waals surface area contributed by atoms with Gasteiger partial charge in [0.15, 0.2) is 5.13 Å². The Labute approximate surface area is 152 Å². The maximum Gasteiger partial charge on any atom is 0.266 e. The molecule has 1 atom stereocenters. The van der Waals surface area contributed by atoms with Crippen LogP contribution >= 0.6 is 11.3 Å². The van der Waals surface area contributed by atoms with Crippen molar-refractivity contribution in [2.75, 3.05) is 18.9 Å². The van der Waals surface area contributed by atoms with E-state index in [9.17, 15) is 9.90 Å². The third-order valence-corrected chi connectivity index (χ3v) is 5.96. The Kier molecular flexibility index (Phi) is 5.58. The number of rotatable bonds is 5. The van der Waals surface area contributed by atoms with Crippen molar-refractivity contribution in [1.29, 1.82) is 0 Å². The first-order valence-electron chi connectivity index (χ1n) is 8.82. The quantitative estimate of drug-likeness (QED) is 0.852. The number of nitrogens with one attached hydrogen (secondary N) is 1. The summed E-state index contributed by atoms with van der Waals surface area (Å²) in [6, 6.07) is 7.63. The SMILES string of the molecule is CNc1nc(C)c(C(=O)N2CCCCC2CCc2ccc(O)cc2)s1. The first kappa shape index (κ1) is 17.7. The van der Waals surface area contributed by atoms with E-state index in [1.807, 2.05) is 31.0 Å². The lowest BCUT2D eigenvalue weighted by Gasteiger charge is -2.35. The zero-order valence-electron chi connectivity index (χ0n) is 14.8. The highest BCUT2D eigenvalue weighted by Gasteiger charge is 2.29. The summed E-state index contributed by atoms with van der Waals surface area (Å²) in [7, 11) is 1.83. The summed E-state index contributed by atoms with van der Waals surface area (Å²) in [4.78, 5) is 20.3. The molecule has 0 radical (unpaired) electrons. The summed E-state index contributed by atoms with van der Waals surface area (Å²) in [5.74, 6) is 0.408. The number of aromatic hydroxyl groups is 1. The van der Waals surface area contributed by atoms with Crippen molar-refractivity contribution in [3.05, 3.63) is 40.4 Å².